The molecule has 188 valence electrons. The van der Waals surface area contributed by atoms with E-state index in [9.17, 15) is 9.59 Å². The molecule has 1 aliphatic rings. The smallest absolute Gasteiger partial charge is 0.253 e. The summed E-state index contributed by atoms with van der Waals surface area (Å²) in [5, 5.41) is 12.6. The summed E-state index contributed by atoms with van der Waals surface area (Å²) < 4.78 is 1.92. The van der Waals surface area contributed by atoms with Gasteiger partial charge in [-0.3, -0.25) is 14.5 Å². The van der Waals surface area contributed by atoms with Gasteiger partial charge in [0.1, 0.15) is 0 Å². The summed E-state index contributed by atoms with van der Waals surface area (Å²) in [6, 6.07) is 22.3. The standard InChI is InChI=1S/C27H24ClN5O2S2/c1-3-32-25(17(2)29-26(35)18-10-4-5-11-19(18)28)30-31-27(32)36-16-24(34)33-20-12-6-8-14-22(20)37-23-15-9-7-13-21(23)33/h4-15,17H,3,16H2,1-2H3,(H,29,35). The van der Waals surface area contributed by atoms with Gasteiger partial charge in [-0.2, -0.15) is 0 Å². The highest BCUT2D eigenvalue weighted by Gasteiger charge is 2.28. The van der Waals surface area contributed by atoms with Crippen LogP contribution in [0.3, 0.4) is 0 Å². The van der Waals surface area contributed by atoms with Crippen molar-refractivity contribution < 1.29 is 9.59 Å². The van der Waals surface area contributed by atoms with E-state index < -0.39 is 6.04 Å². The molecule has 10 heteroatoms. The van der Waals surface area contributed by atoms with Crippen LogP contribution in [0.2, 0.25) is 5.02 Å². The Bertz CT molecular complexity index is 1430. The Morgan fingerprint density at radius 1 is 0.973 bits per heavy atom. The van der Waals surface area contributed by atoms with Crippen LogP contribution in [0.15, 0.2) is 87.7 Å². The van der Waals surface area contributed by atoms with E-state index in [1.165, 1.54) is 11.8 Å². The van der Waals surface area contributed by atoms with Gasteiger partial charge in [0.25, 0.3) is 5.91 Å². The summed E-state index contributed by atoms with van der Waals surface area (Å²) in [4.78, 5) is 30.1. The zero-order chi connectivity index (χ0) is 25.9. The van der Waals surface area contributed by atoms with Crippen molar-refractivity contribution in [2.75, 3.05) is 10.7 Å². The van der Waals surface area contributed by atoms with Crippen LogP contribution in [-0.4, -0.2) is 32.3 Å². The Balaban J connectivity index is 1.33. The third kappa shape index (κ3) is 5.12. The number of hydrogen-bond acceptors (Lipinski definition) is 6. The van der Waals surface area contributed by atoms with Gasteiger partial charge in [-0.25, -0.2) is 0 Å². The number of nitrogens with one attached hydrogen (secondary N) is 1. The minimum atomic E-state index is -0.404. The molecule has 0 spiro atoms. The van der Waals surface area contributed by atoms with Gasteiger partial charge < -0.3 is 9.88 Å². The van der Waals surface area contributed by atoms with E-state index in [2.05, 4.69) is 15.5 Å². The fraction of sp³-hybridized carbons (Fsp3) is 0.185. The highest BCUT2D eigenvalue weighted by atomic mass is 35.5. The average Bonchev–Trinajstić information content (AvgIpc) is 3.33. The number of halogens is 1. The van der Waals surface area contributed by atoms with Crippen LogP contribution in [-0.2, 0) is 11.3 Å². The van der Waals surface area contributed by atoms with Crippen molar-refractivity contribution in [3.8, 4) is 0 Å². The molecule has 1 atom stereocenters. The number of nitrogens with zero attached hydrogens (tertiary/aromatic N) is 4. The number of aromatic nitrogens is 3. The lowest BCUT2D eigenvalue weighted by Crippen LogP contribution is -2.30. The molecular formula is C27H24ClN5O2S2. The average molecular weight is 550 g/mol. The number of anilines is 2. The Morgan fingerprint density at radius 2 is 1.59 bits per heavy atom. The first-order valence-corrected chi connectivity index (χ1v) is 14.0. The first-order valence-electron chi connectivity index (χ1n) is 11.8. The van der Waals surface area contributed by atoms with Crippen LogP contribution in [0, 0.1) is 0 Å². The van der Waals surface area contributed by atoms with Crippen molar-refractivity contribution in [1.29, 1.82) is 0 Å². The summed E-state index contributed by atoms with van der Waals surface area (Å²) in [5.41, 5.74) is 2.16. The molecule has 0 aliphatic carbocycles. The van der Waals surface area contributed by atoms with Gasteiger partial charge in [0.05, 0.1) is 33.8 Å². The molecule has 7 nitrogen and oxygen atoms in total. The fourth-order valence-electron chi connectivity index (χ4n) is 4.17. The second-order valence-corrected chi connectivity index (χ2v) is 10.7. The van der Waals surface area contributed by atoms with E-state index in [1.807, 2.05) is 66.9 Å². The van der Waals surface area contributed by atoms with Crippen molar-refractivity contribution in [3.63, 3.8) is 0 Å². The molecule has 37 heavy (non-hydrogen) atoms. The molecule has 1 aliphatic heterocycles. The number of thioether (sulfide) groups is 1. The third-order valence-electron chi connectivity index (χ3n) is 5.92. The number of para-hydroxylation sites is 2. The summed E-state index contributed by atoms with van der Waals surface area (Å²) >= 11 is 9.18. The maximum Gasteiger partial charge on any atom is 0.253 e. The molecule has 3 aromatic carbocycles. The molecule has 1 N–H and O–H groups in total. The first kappa shape index (κ1) is 25.4. The second kappa shape index (κ2) is 11.0. The number of benzene rings is 3. The van der Waals surface area contributed by atoms with E-state index in [0.717, 1.165) is 21.2 Å². The Labute approximate surface area is 228 Å². The Kier molecular flexibility index (Phi) is 7.55. The van der Waals surface area contributed by atoms with Gasteiger partial charge in [0.2, 0.25) is 5.91 Å². The number of fused-ring (bicyclic) bond motifs is 2. The molecule has 0 bridgehead atoms. The van der Waals surface area contributed by atoms with Crippen molar-refractivity contribution in [3.05, 3.63) is 89.2 Å². The lowest BCUT2D eigenvalue weighted by atomic mass is 10.2. The molecule has 2 amide bonds. The van der Waals surface area contributed by atoms with Crippen LogP contribution < -0.4 is 10.2 Å². The molecule has 1 unspecified atom stereocenters. The molecule has 5 rings (SSSR count). The largest absolute Gasteiger partial charge is 0.342 e. The molecule has 0 radical (unpaired) electrons. The summed E-state index contributed by atoms with van der Waals surface area (Å²) in [6.45, 7) is 4.43. The quantitative estimate of drug-likeness (QED) is 0.270. The van der Waals surface area contributed by atoms with Crippen LogP contribution in [0.5, 0.6) is 0 Å². The minimum absolute atomic E-state index is 0.0440. The molecule has 1 aromatic heterocycles. The third-order valence-corrected chi connectivity index (χ3v) is 8.33. The van der Waals surface area contributed by atoms with E-state index in [4.69, 9.17) is 11.6 Å². The maximum absolute atomic E-state index is 13.5. The van der Waals surface area contributed by atoms with E-state index in [0.29, 0.717) is 28.1 Å². The minimum Gasteiger partial charge on any atom is -0.342 e. The van der Waals surface area contributed by atoms with E-state index in [-0.39, 0.29) is 17.6 Å². The maximum atomic E-state index is 13.5. The Morgan fingerprint density at radius 3 is 2.24 bits per heavy atom. The first-order chi connectivity index (χ1) is 18.0. The van der Waals surface area contributed by atoms with Crippen molar-refractivity contribution >= 4 is 58.3 Å². The van der Waals surface area contributed by atoms with E-state index in [1.54, 1.807) is 40.9 Å². The normalized spacial score (nSPS) is 13.0. The van der Waals surface area contributed by atoms with Crippen LogP contribution >= 0.6 is 35.1 Å². The predicted octanol–water partition coefficient (Wildman–Crippen LogP) is 6.36. The van der Waals surface area contributed by atoms with Gasteiger partial charge >= 0.3 is 0 Å². The van der Waals surface area contributed by atoms with Gasteiger partial charge in [0, 0.05) is 16.3 Å². The molecule has 2 heterocycles. The molecule has 4 aromatic rings. The topological polar surface area (TPSA) is 80.1 Å². The Hall–Kier alpha value is -3.27. The number of hydrogen-bond donors (Lipinski definition) is 1. The monoisotopic (exact) mass is 549 g/mol. The van der Waals surface area contributed by atoms with Crippen molar-refractivity contribution in [2.24, 2.45) is 0 Å². The van der Waals surface area contributed by atoms with E-state index >= 15 is 0 Å². The van der Waals surface area contributed by atoms with Gasteiger partial charge in [-0.05, 0) is 50.2 Å². The highest BCUT2D eigenvalue weighted by molar-refractivity contribution is 8.00. The van der Waals surface area contributed by atoms with Gasteiger partial charge in [-0.1, -0.05) is 71.5 Å². The van der Waals surface area contributed by atoms with Crippen LogP contribution in [0.4, 0.5) is 11.4 Å². The van der Waals surface area contributed by atoms with Crippen LogP contribution in [0.1, 0.15) is 36.1 Å². The number of carbonyl (C=O) groups is 2. The zero-order valence-corrected chi connectivity index (χ0v) is 22.6. The summed E-state index contributed by atoms with van der Waals surface area (Å²) in [6.07, 6.45) is 0. The van der Waals surface area contributed by atoms with Crippen molar-refractivity contribution in [2.45, 2.75) is 41.4 Å². The molecule has 0 saturated carbocycles. The van der Waals surface area contributed by atoms with Gasteiger partial charge in [-0.15, -0.1) is 10.2 Å². The molecule has 0 fully saturated rings. The number of amides is 2. The zero-order valence-electron chi connectivity index (χ0n) is 20.2. The lowest BCUT2D eigenvalue weighted by Gasteiger charge is -2.30. The van der Waals surface area contributed by atoms with Crippen molar-refractivity contribution in [1.82, 2.24) is 20.1 Å². The molecular weight excluding hydrogens is 526 g/mol. The predicted molar refractivity (Wildman–Crippen MR) is 148 cm³/mol. The summed E-state index contributed by atoms with van der Waals surface area (Å²) in [5.74, 6) is 0.472. The number of rotatable bonds is 7. The summed E-state index contributed by atoms with van der Waals surface area (Å²) in [7, 11) is 0. The highest BCUT2D eigenvalue weighted by Crippen LogP contribution is 2.48. The van der Waals surface area contributed by atoms with Crippen LogP contribution in [0.25, 0.3) is 0 Å². The number of carbonyl (C=O) groups excluding carboxylic acids is 2. The molecule has 0 saturated heterocycles. The lowest BCUT2D eigenvalue weighted by molar-refractivity contribution is -0.115. The SMILES string of the molecule is CCn1c(SCC(=O)N2c3ccccc3Sc3ccccc32)nnc1C(C)NC(=O)c1ccccc1Cl. The second-order valence-electron chi connectivity index (χ2n) is 8.32. The van der Waals surface area contributed by atoms with Gasteiger partial charge in [0.15, 0.2) is 11.0 Å². The fourth-order valence-corrected chi connectivity index (χ4v) is 6.31.